The molecule has 0 bridgehead atoms. The fourth-order valence-electron chi connectivity index (χ4n) is 3.81. The smallest absolute Gasteiger partial charge is 0.226 e. The van der Waals surface area contributed by atoms with Crippen LogP contribution in [0.2, 0.25) is 0 Å². The van der Waals surface area contributed by atoms with Gasteiger partial charge in [0.2, 0.25) is 5.91 Å². The molecule has 1 aromatic heterocycles. The third-order valence-electron chi connectivity index (χ3n) is 5.68. The molecule has 1 saturated heterocycles. The van der Waals surface area contributed by atoms with Crippen LogP contribution in [0.4, 0.5) is 5.69 Å². The Morgan fingerprint density at radius 3 is 2.42 bits per heavy atom. The maximum atomic E-state index is 11.9. The second-order valence-corrected chi connectivity index (χ2v) is 8.54. The van der Waals surface area contributed by atoms with E-state index in [0.29, 0.717) is 6.54 Å². The molecule has 1 unspecified atom stereocenters. The van der Waals surface area contributed by atoms with Gasteiger partial charge in [-0.1, -0.05) is 32.4 Å². The third kappa shape index (κ3) is 8.66. The molecule has 7 nitrogen and oxygen atoms in total. The van der Waals surface area contributed by atoms with E-state index in [9.17, 15) is 4.79 Å². The quantitative estimate of drug-likeness (QED) is 0.231. The summed E-state index contributed by atoms with van der Waals surface area (Å²) in [4.78, 5) is 19.1. The van der Waals surface area contributed by atoms with Crippen molar-refractivity contribution in [2.45, 2.75) is 52.6 Å². The SMILES string of the molecule is CCNC(=NCc1ccc(NC(=O)C(C)C)cc1)NCC(c1ccco1)N1CCCCC1.I. The number of likely N-dealkylation sites (tertiary alicyclic amines) is 1. The summed E-state index contributed by atoms with van der Waals surface area (Å²) in [5.74, 6) is 1.77. The largest absolute Gasteiger partial charge is 0.468 e. The maximum Gasteiger partial charge on any atom is 0.226 e. The van der Waals surface area contributed by atoms with Crippen LogP contribution in [0.3, 0.4) is 0 Å². The highest BCUT2D eigenvalue weighted by Gasteiger charge is 2.24. The van der Waals surface area contributed by atoms with Crippen LogP contribution in [0.15, 0.2) is 52.1 Å². The Hall–Kier alpha value is -2.07. The molecule has 3 rings (SSSR count). The van der Waals surface area contributed by atoms with Gasteiger partial charge in [0.25, 0.3) is 0 Å². The number of nitrogens with one attached hydrogen (secondary N) is 3. The lowest BCUT2D eigenvalue weighted by molar-refractivity contribution is -0.118. The first-order valence-corrected chi connectivity index (χ1v) is 11.8. The molecular weight excluding hydrogens is 529 g/mol. The Morgan fingerprint density at radius 2 is 1.82 bits per heavy atom. The van der Waals surface area contributed by atoms with Crippen LogP contribution in [0, 0.1) is 5.92 Å². The van der Waals surface area contributed by atoms with Gasteiger partial charge in [-0.05, 0) is 62.7 Å². The number of guanidine groups is 1. The predicted molar refractivity (Wildman–Crippen MR) is 145 cm³/mol. The van der Waals surface area contributed by atoms with Crippen molar-refractivity contribution in [1.29, 1.82) is 0 Å². The molecule has 3 N–H and O–H groups in total. The molecule has 1 fully saturated rings. The molecule has 1 aliphatic rings. The van der Waals surface area contributed by atoms with E-state index in [4.69, 9.17) is 9.41 Å². The van der Waals surface area contributed by atoms with Gasteiger partial charge in [0.05, 0.1) is 18.8 Å². The van der Waals surface area contributed by atoms with Crippen LogP contribution in [-0.4, -0.2) is 42.9 Å². The number of carbonyl (C=O) groups is 1. The van der Waals surface area contributed by atoms with Gasteiger partial charge in [0, 0.05) is 24.7 Å². The summed E-state index contributed by atoms with van der Waals surface area (Å²) in [7, 11) is 0. The molecule has 2 heterocycles. The second kappa shape index (κ2) is 14.2. The highest BCUT2D eigenvalue weighted by Crippen LogP contribution is 2.24. The standard InChI is InChI=1S/C25H37N5O2.HI/c1-4-26-25(27-17-20-10-12-21(13-11-20)29-24(31)19(2)3)28-18-22(23-9-8-16-32-23)30-14-6-5-7-15-30;/h8-13,16,19,22H,4-7,14-15,17-18H2,1-3H3,(H,29,31)(H2,26,27,28);1H. The van der Waals surface area contributed by atoms with Gasteiger partial charge in [-0.25, -0.2) is 4.99 Å². The van der Waals surface area contributed by atoms with E-state index in [1.807, 2.05) is 44.2 Å². The van der Waals surface area contributed by atoms with Gasteiger partial charge in [-0.3, -0.25) is 9.69 Å². The van der Waals surface area contributed by atoms with Crippen molar-refractivity contribution in [3.05, 3.63) is 54.0 Å². The number of hydrogen-bond acceptors (Lipinski definition) is 4. The van der Waals surface area contributed by atoms with Crippen molar-refractivity contribution in [3.8, 4) is 0 Å². The summed E-state index contributed by atoms with van der Waals surface area (Å²) in [6.45, 7) is 10.1. The Morgan fingerprint density at radius 1 is 1.09 bits per heavy atom. The number of furan rings is 1. The molecule has 1 atom stereocenters. The maximum absolute atomic E-state index is 11.9. The number of halogens is 1. The molecule has 182 valence electrons. The average molecular weight is 568 g/mol. The normalized spacial score (nSPS) is 15.6. The lowest BCUT2D eigenvalue weighted by Crippen LogP contribution is -2.44. The minimum atomic E-state index is -0.0389. The molecule has 0 saturated carbocycles. The number of anilines is 1. The third-order valence-corrected chi connectivity index (χ3v) is 5.68. The predicted octanol–water partition coefficient (Wildman–Crippen LogP) is 4.77. The van der Waals surface area contributed by atoms with E-state index in [1.165, 1.54) is 19.3 Å². The molecule has 1 aromatic carbocycles. The number of benzene rings is 1. The van der Waals surface area contributed by atoms with Crippen molar-refractivity contribution in [2.24, 2.45) is 10.9 Å². The Balaban J connectivity index is 0.00000385. The number of hydrogen-bond donors (Lipinski definition) is 3. The first-order valence-electron chi connectivity index (χ1n) is 11.8. The molecule has 1 aliphatic heterocycles. The minimum Gasteiger partial charge on any atom is -0.468 e. The van der Waals surface area contributed by atoms with Crippen LogP contribution >= 0.6 is 24.0 Å². The van der Waals surface area contributed by atoms with Crippen LogP contribution in [0.25, 0.3) is 0 Å². The number of piperidine rings is 1. The van der Waals surface area contributed by atoms with Gasteiger partial charge in [0.1, 0.15) is 5.76 Å². The summed E-state index contributed by atoms with van der Waals surface area (Å²) >= 11 is 0. The average Bonchev–Trinajstić information content (AvgIpc) is 3.33. The van der Waals surface area contributed by atoms with Crippen molar-refractivity contribution in [3.63, 3.8) is 0 Å². The monoisotopic (exact) mass is 567 g/mol. The van der Waals surface area contributed by atoms with Gasteiger partial charge >= 0.3 is 0 Å². The second-order valence-electron chi connectivity index (χ2n) is 8.54. The summed E-state index contributed by atoms with van der Waals surface area (Å²) in [6.07, 6.45) is 5.52. The van der Waals surface area contributed by atoms with Crippen molar-refractivity contribution in [1.82, 2.24) is 15.5 Å². The number of aliphatic imine (C=N–C) groups is 1. The summed E-state index contributed by atoms with van der Waals surface area (Å²) in [5, 5.41) is 9.76. The van der Waals surface area contributed by atoms with Crippen LogP contribution in [0.5, 0.6) is 0 Å². The highest BCUT2D eigenvalue weighted by atomic mass is 127. The first-order chi connectivity index (χ1) is 15.6. The van der Waals surface area contributed by atoms with Crippen LogP contribution in [-0.2, 0) is 11.3 Å². The van der Waals surface area contributed by atoms with Crippen molar-refractivity contribution < 1.29 is 9.21 Å². The topological polar surface area (TPSA) is 81.9 Å². The van der Waals surface area contributed by atoms with Crippen LogP contribution < -0.4 is 16.0 Å². The molecule has 33 heavy (non-hydrogen) atoms. The fraction of sp³-hybridized carbons (Fsp3) is 0.520. The molecular formula is C25H38IN5O2. The lowest BCUT2D eigenvalue weighted by atomic mass is 10.1. The molecule has 1 amide bonds. The molecule has 8 heteroatoms. The van der Waals surface area contributed by atoms with E-state index in [1.54, 1.807) is 6.26 Å². The zero-order valence-corrected chi connectivity index (χ0v) is 22.3. The Kier molecular flexibility index (Phi) is 11.7. The first kappa shape index (κ1) is 27.2. The number of rotatable bonds is 9. The van der Waals surface area contributed by atoms with Gasteiger partial charge < -0.3 is 20.4 Å². The Bertz CT molecular complexity index is 846. The molecule has 2 aromatic rings. The van der Waals surface area contributed by atoms with Crippen molar-refractivity contribution >= 4 is 41.5 Å². The minimum absolute atomic E-state index is 0. The molecule has 0 radical (unpaired) electrons. The van der Waals surface area contributed by atoms with Crippen molar-refractivity contribution in [2.75, 3.05) is 31.5 Å². The molecule has 0 spiro atoms. The van der Waals surface area contributed by atoms with Gasteiger partial charge in [0.15, 0.2) is 5.96 Å². The number of nitrogens with zero attached hydrogens (tertiary/aromatic N) is 2. The van der Waals surface area contributed by atoms with E-state index >= 15 is 0 Å². The van der Waals surface area contributed by atoms with Gasteiger partial charge in [-0.15, -0.1) is 24.0 Å². The molecule has 0 aliphatic carbocycles. The summed E-state index contributed by atoms with van der Waals surface area (Å²) in [6, 6.07) is 12.1. The number of carbonyl (C=O) groups excluding carboxylic acids is 1. The summed E-state index contributed by atoms with van der Waals surface area (Å²) in [5.41, 5.74) is 1.90. The van der Waals surface area contributed by atoms with E-state index in [0.717, 1.165) is 49.1 Å². The van der Waals surface area contributed by atoms with E-state index < -0.39 is 0 Å². The van der Waals surface area contributed by atoms with E-state index in [2.05, 4.69) is 33.8 Å². The summed E-state index contributed by atoms with van der Waals surface area (Å²) < 4.78 is 5.75. The lowest BCUT2D eigenvalue weighted by Gasteiger charge is -2.33. The van der Waals surface area contributed by atoms with E-state index in [-0.39, 0.29) is 41.8 Å². The van der Waals surface area contributed by atoms with Crippen LogP contribution in [0.1, 0.15) is 57.4 Å². The zero-order valence-electron chi connectivity index (χ0n) is 20.0. The highest BCUT2D eigenvalue weighted by molar-refractivity contribution is 14.0. The number of amides is 1. The van der Waals surface area contributed by atoms with Gasteiger partial charge in [-0.2, -0.15) is 0 Å². The Labute approximate surface area is 214 Å². The zero-order chi connectivity index (χ0) is 22.8. The fourth-order valence-corrected chi connectivity index (χ4v) is 3.81.